The van der Waals surface area contributed by atoms with Crippen molar-refractivity contribution in [3.63, 3.8) is 0 Å². The van der Waals surface area contributed by atoms with Crippen LogP contribution in [0.25, 0.3) is 0 Å². The van der Waals surface area contributed by atoms with Gasteiger partial charge < -0.3 is 5.32 Å². The summed E-state index contributed by atoms with van der Waals surface area (Å²) in [5, 5.41) is 2.38. The number of carbonyl (C=O) groups is 1. The largest absolute Gasteiger partial charge is 0.417 e. The second kappa shape index (κ2) is 6.43. The fourth-order valence-electron chi connectivity index (χ4n) is 1.13. The molecule has 0 aliphatic heterocycles. The van der Waals surface area contributed by atoms with Crippen LogP contribution in [-0.4, -0.2) is 17.4 Å². The highest BCUT2D eigenvalue weighted by Crippen LogP contribution is 2.30. The molecule has 0 atom stereocenters. The summed E-state index contributed by atoms with van der Waals surface area (Å²) in [4.78, 5) is 14.1. The van der Waals surface area contributed by atoms with Gasteiger partial charge in [0.15, 0.2) is 0 Å². The van der Waals surface area contributed by atoms with Crippen molar-refractivity contribution in [2.45, 2.75) is 19.5 Å². The summed E-state index contributed by atoms with van der Waals surface area (Å²) in [6.45, 7) is 1.74. The first-order valence-electron chi connectivity index (χ1n) is 5.26. The Balaban J connectivity index is 2.71. The number of hydrogen-bond acceptors (Lipinski definition) is 2. The molecule has 0 aromatic carbocycles. The number of halogens is 4. The molecular weight excluding hydrogens is 281 g/mol. The minimum atomic E-state index is -4.48. The molecule has 1 heterocycles. The van der Waals surface area contributed by atoms with Crippen LogP contribution in [0.1, 0.15) is 24.6 Å². The van der Waals surface area contributed by atoms with Crippen molar-refractivity contribution >= 4 is 17.5 Å². The molecule has 0 spiro atoms. The van der Waals surface area contributed by atoms with Crippen LogP contribution in [0.4, 0.5) is 13.2 Å². The first-order valence-corrected chi connectivity index (χ1v) is 5.64. The first-order chi connectivity index (χ1) is 8.80. The van der Waals surface area contributed by atoms with Crippen LogP contribution in [0.5, 0.6) is 0 Å². The molecule has 0 fully saturated rings. The Morgan fingerprint density at radius 3 is 2.74 bits per heavy atom. The molecule has 0 unspecified atom stereocenters. The van der Waals surface area contributed by atoms with Gasteiger partial charge in [0, 0.05) is 26.1 Å². The number of amides is 1. The van der Waals surface area contributed by atoms with E-state index in [1.807, 2.05) is 0 Å². The van der Waals surface area contributed by atoms with Crippen molar-refractivity contribution in [1.29, 1.82) is 0 Å². The molecule has 0 saturated carbocycles. The lowest BCUT2D eigenvalue weighted by atomic mass is 10.2. The van der Waals surface area contributed by atoms with Gasteiger partial charge in [-0.05, 0) is 12.0 Å². The van der Waals surface area contributed by atoms with Crippen LogP contribution < -0.4 is 5.32 Å². The molecule has 3 nitrogen and oxygen atoms in total. The summed E-state index contributed by atoms with van der Waals surface area (Å²) < 4.78 is 37.1. The molecule has 102 valence electrons. The highest BCUT2D eigenvalue weighted by atomic mass is 35.5. The number of alkyl halides is 3. The maximum Gasteiger partial charge on any atom is 0.417 e. The number of aromatic nitrogens is 1. The highest BCUT2D eigenvalue weighted by Gasteiger charge is 2.31. The maximum absolute atomic E-state index is 12.4. The van der Waals surface area contributed by atoms with Gasteiger partial charge in [-0.3, -0.25) is 4.79 Å². The standard InChI is InChI=1S/C12H10ClF3N2O/c1-8(19)17-5-3-2-4-11-10(13)6-9(7-18-11)12(14,15)16/h6-7H,3,5H2,1H3,(H,17,19). The van der Waals surface area contributed by atoms with E-state index in [2.05, 4.69) is 22.1 Å². The smallest absolute Gasteiger partial charge is 0.355 e. The van der Waals surface area contributed by atoms with Gasteiger partial charge in [0.25, 0.3) is 0 Å². The summed E-state index contributed by atoms with van der Waals surface area (Å²) >= 11 is 5.66. The number of rotatable bonds is 2. The second-order valence-corrected chi connectivity index (χ2v) is 3.99. The minimum absolute atomic E-state index is 0.0810. The Morgan fingerprint density at radius 2 is 2.21 bits per heavy atom. The molecule has 19 heavy (non-hydrogen) atoms. The van der Waals surface area contributed by atoms with E-state index >= 15 is 0 Å². The van der Waals surface area contributed by atoms with E-state index in [4.69, 9.17) is 11.6 Å². The van der Waals surface area contributed by atoms with Gasteiger partial charge in [-0.15, -0.1) is 0 Å². The molecule has 0 aliphatic carbocycles. The second-order valence-electron chi connectivity index (χ2n) is 3.59. The van der Waals surface area contributed by atoms with E-state index in [1.165, 1.54) is 6.92 Å². The predicted molar refractivity (Wildman–Crippen MR) is 64.4 cm³/mol. The fraction of sp³-hybridized carbons (Fsp3) is 0.333. The van der Waals surface area contributed by atoms with Crippen molar-refractivity contribution in [3.05, 3.63) is 28.5 Å². The molecule has 1 rings (SSSR count). The third-order valence-corrected chi connectivity index (χ3v) is 2.29. The van der Waals surface area contributed by atoms with Crippen molar-refractivity contribution < 1.29 is 18.0 Å². The van der Waals surface area contributed by atoms with Crippen LogP contribution in [0, 0.1) is 11.8 Å². The van der Waals surface area contributed by atoms with Gasteiger partial charge in [0.05, 0.1) is 10.6 Å². The lowest BCUT2D eigenvalue weighted by Crippen LogP contribution is -2.20. The average molecular weight is 291 g/mol. The van der Waals surface area contributed by atoms with Crippen LogP contribution in [0.15, 0.2) is 12.3 Å². The zero-order chi connectivity index (χ0) is 14.5. The molecule has 1 aromatic rings. The average Bonchev–Trinajstić information content (AvgIpc) is 2.28. The molecular formula is C12H10ClF3N2O. The Bertz CT molecular complexity index is 532. The van der Waals surface area contributed by atoms with Crippen LogP contribution in [0.3, 0.4) is 0 Å². The van der Waals surface area contributed by atoms with Crippen molar-refractivity contribution in [1.82, 2.24) is 10.3 Å². The van der Waals surface area contributed by atoms with Gasteiger partial charge in [0.2, 0.25) is 5.91 Å². The normalized spacial score (nSPS) is 10.6. The Labute approximate surface area is 113 Å². The Morgan fingerprint density at radius 1 is 1.53 bits per heavy atom. The fourth-order valence-corrected chi connectivity index (χ4v) is 1.35. The lowest BCUT2D eigenvalue weighted by molar-refractivity contribution is -0.137. The van der Waals surface area contributed by atoms with E-state index in [0.717, 1.165) is 6.07 Å². The molecule has 1 N–H and O–H groups in total. The predicted octanol–water partition coefficient (Wildman–Crippen LogP) is 2.63. The van der Waals surface area contributed by atoms with E-state index < -0.39 is 11.7 Å². The van der Waals surface area contributed by atoms with Gasteiger partial charge in [-0.25, -0.2) is 4.98 Å². The quantitative estimate of drug-likeness (QED) is 0.672. The van der Waals surface area contributed by atoms with Crippen LogP contribution in [-0.2, 0) is 11.0 Å². The minimum Gasteiger partial charge on any atom is -0.355 e. The summed E-state index contributed by atoms with van der Waals surface area (Å²) in [5.74, 6) is 5.04. The lowest BCUT2D eigenvalue weighted by Gasteiger charge is -2.06. The van der Waals surface area contributed by atoms with Gasteiger partial charge in [-0.2, -0.15) is 13.2 Å². The SMILES string of the molecule is CC(=O)NCCC#Cc1ncc(C(F)(F)F)cc1Cl. The number of carbonyl (C=O) groups excluding carboxylic acids is 1. The number of nitrogens with zero attached hydrogens (tertiary/aromatic N) is 1. The van der Waals surface area contributed by atoms with Gasteiger partial charge in [0.1, 0.15) is 5.69 Å². The Hall–Kier alpha value is -1.74. The third kappa shape index (κ3) is 5.18. The summed E-state index contributed by atoms with van der Waals surface area (Å²) in [6.07, 6.45) is -3.43. The van der Waals surface area contributed by atoms with E-state index in [9.17, 15) is 18.0 Å². The topological polar surface area (TPSA) is 42.0 Å². The zero-order valence-corrected chi connectivity index (χ0v) is 10.7. The molecule has 1 amide bonds. The first kappa shape index (κ1) is 15.3. The van der Waals surface area contributed by atoms with Crippen LogP contribution >= 0.6 is 11.6 Å². The van der Waals surface area contributed by atoms with E-state index in [0.29, 0.717) is 19.2 Å². The van der Waals surface area contributed by atoms with Crippen molar-refractivity contribution in [2.75, 3.05) is 6.54 Å². The summed E-state index contributed by atoms with van der Waals surface area (Å²) in [5.41, 5.74) is -0.834. The molecule has 1 aromatic heterocycles. The van der Waals surface area contributed by atoms with E-state index in [-0.39, 0.29) is 16.6 Å². The molecule has 0 aliphatic rings. The van der Waals surface area contributed by atoms with Gasteiger partial charge >= 0.3 is 6.18 Å². The zero-order valence-electron chi connectivity index (χ0n) is 9.94. The van der Waals surface area contributed by atoms with Gasteiger partial charge in [-0.1, -0.05) is 17.5 Å². The maximum atomic E-state index is 12.4. The molecule has 7 heteroatoms. The monoisotopic (exact) mass is 290 g/mol. The number of nitrogens with one attached hydrogen (secondary N) is 1. The number of pyridine rings is 1. The summed E-state index contributed by atoms with van der Waals surface area (Å²) in [6, 6.07) is 0.784. The summed E-state index contributed by atoms with van der Waals surface area (Å²) in [7, 11) is 0. The highest BCUT2D eigenvalue weighted by molar-refractivity contribution is 6.31. The van der Waals surface area contributed by atoms with E-state index in [1.54, 1.807) is 0 Å². The number of hydrogen-bond donors (Lipinski definition) is 1. The third-order valence-electron chi connectivity index (χ3n) is 2.00. The van der Waals surface area contributed by atoms with Crippen molar-refractivity contribution in [2.24, 2.45) is 0 Å². The Kier molecular flexibility index (Phi) is 5.19. The molecule has 0 saturated heterocycles. The van der Waals surface area contributed by atoms with Crippen LogP contribution in [0.2, 0.25) is 5.02 Å². The molecule has 0 bridgehead atoms. The van der Waals surface area contributed by atoms with Crippen molar-refractivity contribution in [3.8, 4) is 11.8 Å². The molecule has 0 radical (unpaired) electrons.